The Morgan fingerprint density at radius 3 is 2.31 bits per heavy atom. The lowest BCUT2D eigenvalue weighted by atomic mass is 9.94. The fourth-order valence-corrected chi connectivity index (χ4v) is 4.86. The Bertz CT molecular complexity index is 1560. The second-order valence-electron chi connectivity index (χ2n) is 9.21. The quantitative estimate of drug-likeness (QED) is 0.201. The first kappa shape index (κ1) is 24.3. The van der Waals surface area contributed by atoms with Crippen LogP contribution in [0.3, 0.4) is 0 Å². The number of fused-ring (bicyclic) bond motifs is 1. The summed E-state index contributed by atoms with van der Waals surface area (Å²) in [4.78, 5) is 28.3. The number of carbonyl (C=O) groups is 2. The van der Waals surface area contributed by atoms with Crippen LogP contribution in [0.15, 0.2) is 109 Å². The van der Waals surface area contributed by atoms with E-state index in [1.807, 2.05) is 54.6 Å². The fourth-order valence-electron chi connectivity index (χ4n) is 4.86. The maximum atomic E-state index is 13.5. The molecule has 0 saturated carbocycles. The van der Waals surface area contributed by atoms with Gasteiger partial charge in [-0.1, -0.05) is 60.7 Å². The van der Waals surface area contributed by atoms with Crippen molar-refractivity contribution in [3.63, 3.8) is 0 Å². The highest BCUT2D eigenvalue weighted by Crippen LogP contribution is 2.43. The van der Waals surface area contributed by atoms with Crippen molar-refractivity contribution >= 4 is 23.1 Å². The number of para-hydroxylation sites is 1. The van der Waals surface area contributed by atoms with Crippen molar-refractivity contribution in [1.29, 1.82) is 0 Å². The summed E-state index contributed by atoms with van der Waals surface area (Å²) >= 11 is 0. The number of hydrogen-bond donors (Lipinski definition) is 1. The number of carbonyl (C=O) groups excluding carboxylic acids is 2. The molecule has 1 amide bonds. The molecule has 39 heavy (non-hydrogen) atoms. The zero-order chi connectivity index (χ0) is 26.8. The number of aliphatic hydroxyl groups excluding tert-OH is 1. The van der Waals surface area contributed by atoms with E-state index in [0.717, 1.165) is 5.56 Å². The predicted molar refractivity (Wildman–Crippen MR) is 146 cm³/mol. The molecule has 1 unspecified atom stereocenters. The lowest BCUT2D eigenvalue weighted by Gasteiger charge is -2.26. The number of Topliss-reactive ketones (excluding diaryl/α,β-unsaturated/α-hetero) is 1. The molecule has 0 bridgehead atoms. The molecule has 2 heterocycles. The molecule has 2 aliphatic heterocycles. The van der Waals surface area contributed by atoms with Crippen molar-refractivity contribution in [2.45, 2.75) is 12.6 Å². The average Bonchev–Trinajstić information content (AvgIpc) is 3.26. The van der Waals surface area contributed by atoms with Crippen LogP contribution >= 0.6 is 0 Å². The van der Waals surface area contributed by atoms with Crippen LogP contribution in [0.1, 0.15) is 22.7 Å². The van der Waals surface area contributed by atoms with Crippen LogP contribution in [0.2, 0.25) is 0 Å². The molecule has 1 saturated heterocycles. The Balaban J connectivity index is 1.44. The van der Waals surface area contributed by atoms with Crippen molar-refractivity contribution in [2.24, 2.45) is 0 Å². The molecule has 7 heteroatoms. The molecule has 0 aromatic heterocycles. The minimum absolute atomic E-state index is 0.0132. The molecule has 0 aliphatic carbocycles. The lowest BCUT2D eigenvalue weighted by molar-refractivity contribution is -0.132. The van der Waals surface area contributed by atoms with Crippen LogP contribution in [0, 0.1) is 0 Å². The van der Waals surface area contributed by atoms with E-state index >= 15 is 0 Å². The molecular formula is C32H25NO6. The molecule has 4 aromatic carbocycles. The standard InChI is InChI=1S/C32H25NO6/c34-30(23-14-15-26-27(19-23)38-17-16-37-26)28-29(33(32(36)31(28)35)24-11-5-2-6-12-24)22-10-7-13-25(18-22)39-20-21-8-3-1-4-9-21/h1-15,18-19,29,34H,16-17,20H2/b30-28-. The van der Waals surface area contributed by atoms with E-state index in [1.165, 1.54) is 4.90 Å². The fraction of sp³-hybridized carbons (Fsp3) is 0.125. The zero-order valence-electron chi connectivity index (χ0n) is 20.9. The smallest absolute Gasteiger partial charge is 0.300 e. The number of aliphatic hydroxyl groups is 1. The van der Waals surface area contributed by atoms with Gasteiger partial charge in [0.25, 0.3) is 11.7 Å². The molecule has 2 aliphatic rings. The maximum Gasteiger partial charge on any atom is 0.300 e. The molecule has 4 aromatic rings. The third-order valence-corrected chi connectivity index (χ3v) is 6.72. The van der Waals surface area contributed by atoms with E-state index in [4.69, 9.17) is 14.2 Å². The Morgan fingerprint density at radius 2 is 1.54 bits per heavy atom. The van der Waals surface area contributed by atoms with Gasteiger partial charge >= 0.3 is 0 Å². The highest BCUT2D eigenvalue weighted by Gasteiger charge is 2.47. The van der Waals surface area contributed by atoms with Crippen molar-refractivity contribution in [1.82, 2.24) is 0 Å². The summed E-state index contributed by atoms with van der Waals surface area (Å²) < 4.78 is 17.3. The summed E-state index contributed by atoms with van der Waals surface area (Å²) in [5, 5.41) is 11.5. The van der Waals surface area contributed by atoms with Gasteiger partial charge in [-0.15, -0.1) is 0 Å². The summed E-state index contributed by atoms with van der Waals surface area (Å²) in [5.74, 6) is -0.177. The van der Waals surface area contributed by atoms with Gasteiger partial charge in [0, 0.05) is 11.3 Å². The summed E-state index contributed by atoms with van der Waals surface area (Å²) in [6.07, 6.45) is 0. The largest absolute Gasteiger partial charge is 0.507 e. The lowest BCUT2D eigenvalue weighted by Crippen LogP contribution is -2.29. The van der Waals surface area contributed by atoms with Gasteiger partial charge in [0.1, 0.15) is 31.3 Å². The van der Waals surface area contributed by atoms with Crippen LogP contribution in [-0.4, -0.2) is 30.0 Å². The molecule has 194 valence electrons. The van der Waals surface area contributed by atoms with E-state index in [9.17, 15) is 14.7 Å². The second kappa shape index (κ2) is 10.4. The normalized spacial score (nSPS) is 17.7. The SMILES string of the molecule is O=C1C(=O)N(c2ccccc2)C(c2cccc(OCc3ccccc3)c2)/C1=C(/O)c1ccc2c(c1)OCCO2. The summed E-state index contributed by atoms with van der Waals surface area (Å²) in [6, 6.07) is 30.1. The van der Waals surface area contributed by atoms with Crippen molar-refractivity contribution in [3.05, 3.63) is 125 Å². The molecular weight excluding hydrogens is 494 g/mol. The molecule has 1 fully saturated rings. The molecule has 0 spiro atoms. The Labute approximate surface area is 225 Å². The van der Waals surface area contributed by atoms with E-state index in [0.29, 0.717) is 53.9 Å². The number of ketones is 1. The monoisotopic (exact) mass is 519 g/mol. The Kier molecular flexibility index (Phi) is 6.47. The van der Waals surface area contributed by atoms with Gasteiger partial charge < -0.3 is 19.3 Å². The van der Waals surface area contributed by atoms with Crippen molar-refractivity contribution in [3.8, 4) is 17.2 Å². The van der Waals surface area contributed by atoms with Crippen LogP contribution < -0.4 is 19.1 Å². The van der Waals surface area contributed by atoms with Gasteiger partial charge in [0.15, 0.2) is 11.5 Å². The third kappa shape index (κ3) is 4.70. The first-order valence-corrected chi connectivity index (χ1v) is 12.6. The predicted octanol–water partition coefficient (Wildman–Crippen LogP) is 5.66. The van der Waals surface area contributed by atoms with Gasteiger partial charge in [-0.05, 0) is 53.6 Å². The number of rotatable bonds is 6. The molecule has 1 N–H and O–H groups in total. The van der Waals surface area contributed by atoms with Crippen LogP contribution in [0.5, 0.6) is 17.2 Å². The summed E-state index contributed by atoms with van der Waals surface area (Å²) in [7, 11) is 0. The van der Waals surface area contributed by atoms with Gasteiger partial charge in [-0.2, -0.15) is 0 Å². The minimum atomic E-state index is -0.874. The molecule has 1 atom stereocenters. The number of nitrogens with zero attached hydrogens (tertiary/aromatic N) is 1. The first-order valence-electron chi connectivity index (χ1n) is 12.6. The zero-order valence-corrected chi connectivity index (χ0v) is 20.9. The number of amides is 1. The maximum absolute atomic E-state index is 13.5. The number of anilines is 1. The molecule has 7 nitrogen and oxygen atoms in total. The van der Waals surface area contributed by atoms with E-state index in [2.05, 4.69) is 0 Å². The molecule has 6 rings (SSSR count). The average molecular weight is 520 g/mol. The number of benzene rings is 4. The summed E-state index contributed by atoms with van der Waals surface area (Å²) in [5.41, 5.74) is 2.52. The second-order valence-corrected chi connectivity index (χ2v) is 9.21. The number of ether oxygens (including phenoxy) is 3. The first-order chi connectivity index (χ1) is 19.1. The Morgan fingerprint density at radius 1 is 0.821 bits per heavy atom. The van der Waals surface area contributed by atoms with Crippen LogP contribution in [0.25, 0.3) is 5.76 Å². The van der Waals surface area contributed by atoms with Crippen LogP contribution in [0.4, 0.5) is 5.69 Å². The van der Waals surface area contributed by atoms with Crippen molar-refractivity contribution in [2.75, 3.05) is 18.1 Å². The number of hydrogen-bond acceptors (Lipinski definition) is 6. The summed E-state index contributed by atoms with van der Waals surface area (Å²) in [6.45, 7) is 1.18. The molecule has 0 radical (unpaired) electrons. The van der Waals surface area contributed by atoms with E-state index in [1.54, 1.807) is 48.5 Å². The Hall–Kier alpha value is -5.04. The highest BCUT2D eigenvalue weighted by molar-refractivity contribution is 6.51. The van der Waals surface area contributed by atoms with E-state index in [-0.39, 0.29) is 11.3 Å². The van der Waals surface area contributed by atoms with Gasteiger partial charge in [-0.25, -0.2) is 0 Å². The highest BCUT2D eigenvalue weighted by atomic mass is 16.6. The van der Waals surface area contributed by atoms with Gasteiger partial charge in [0.2, 0.25) is 0 Å². The van der Waals surface area contributed by atoms with Gasteiger partial charge in [0.05, 0.1) is 11.6 Å². The minimum Gasteiger partial charge on any atom is -0.507 e. The van der Waals surface area contributed by atoms with Crippen molar-refractivity contribution < 1.29 is 28.9 Å². The third-order valence-electron chi connectivity index (χ3n) is 6.72. The van der Waals surface area contributed by atoms with Crippen LogP contribution in [-0.2, 0) is 16.2 Å². The topological polar surface area (TPSA) is 85.3 Å². The van der Waals surface area contributed by atoms with Gasteiger partial charge in [-0.3, -0.25) is 14.5 Å². The van der Waals surface area contributed by atoms with E-state index < -0.39 is 17.7 Å².